The fourth-order valence-electron chi connectivity index (χ4n) is 1.07. The molecule has 0 radical (unpaired) electrons. The van der Waals surface area contributed by atoms with Crippen LogP contribution in [0, 0.1) is 0 Å². The predicted molar refractivity (Wildman–Crippen MR) is 67.5 cm³/mol. The molecule has 0 aromatic rings. The van der Waals surface area contributed by atoms with E-state index in [4.69, 9.17) is 20.6 Å². The number of phosphoric acid groups is 1. The van der Waals surface area contributed by atoms with E-state index in [9.17, 15) is 4.57 Å². The van der Waals surface area contributed by atoms with Gasteiger partial charge in [-0.1, -0.05) is 39.0 Å². The van der Waals surface area contributed by atoms with Gasteiger partial charge in [0.25, 0.3) is 0 Å². The molecular formula is C10H26NO5P. The van der Waals surface area contributed by atoms with Gasteiger partial charge < -0.3 is 20.6 Å². The summed E-state index contributed by atoms with van der Waals surface area (Å²) in [5.74, 6) is 0. The molecule has 0 fully saturated rings. The fourth-order valence-corrected chi connectivity index (χ4v) is 1.43. The minimum absolute atomic E-state index is 0.0972. The second-order valence-electron chi connectivity index (χ2n) is 3.60. The highest BCUT2D eigenvalue weighted by molar-refractivity contribution is 7.46. The lowest BCUT2D eigenvalue weighted by Crippen LogP contribution is -2.02. The van der Waals surface area contributed by atoms with Crippen molar-refractivity contribution >= 4 is 7.82 Å². The van der Waals surface area contributed by atoms with E-state index in [-0.39, 0.29) is 13.2 Å². The smallest absolute Gasteiger partial charge is 0.395 e. The van der Waals surface area contributed by atoms with Crippen molar-refractivity contribution in [3.63, 3.8) is 0 Å². The molecule has 0 spiro atoms. The average Bonchev–Trinajstić information content (AvgIpc) is 2.27. The maximum absolute atomic E-state index is 10.2. The molecule has 106 valence electrons. The standard InChI is InChI=1S/C8H19O4P.C2H7NO/c1-2-3-4-5-6-7-8-12-13(9,10)11;3-1-2-4/h2-8H2,1H3,(H2,9,10,11);4H,1-3H2. The van der Waals surface area contributed by atoms with E-state index in [0.717, 1.165) is 19.3 Å². The van der Waals surface area contributed by atoms with Gasteiger partial charge in [-0.05, 0) is 6.42 Å². The number of nitrogens with two attached hydrogens (primary N) is 1. The molecule has 0 aromatic carbocycles. The van der Waals surface area contributed by atoms with Crippen molar-refractivity contribution in [2.75, 3.05) is 19.8 Å². The zero-order valence-electron chi connectivity index (χ0n) is 10.5. The number of hydrogen-bond acceptors (Lipinski definition) is 4. The van der Waals surface area contributed by atoms with Gasteiger partial charge in [0.1, 0.15) is 0 Å². The Kier molecular flexibility index (Phi) is 16.1. The molecule has 6 nitrogen and oxygen atoms in total. The van der Waals surface area contributed by atoms with Crippen LogP contribution in [0.4, 0.5) is 0 Å². The Morgan fingerprint density at radius 2 is 1.59 bits per heavy atom. The Balaban J connectivity index is 0. The highest BCUT2D eigenvalue weighted by atomic mass is 31.2. The average molecular weight is 271 g/mol. The van der Waals surface area contributed by atoms with E-state index in [2.05, 4.69) is 11.4 Å². The first kappa shape index (κ1) is 19.4. The van der Waals surface area contributed by atoms with E-state index in [0.29, 0.717) is 6.54 Å². The molecule has 0 aliphatic carbocycles. The SMILES string of the molecule is CCCCCCCCOP(=O)(O)O.NCCO. The Morgan fingerprint density at radius 3 is 2.00 bits per heavy atom. The maximum atomic E-state index is 10.2. The first-order chi connectivity index (χ1) is 7.97. The normalized spacial score (nSPS) is 10.9. The van der Waals surface area contributed by atoms with Crippen LogP contribution in [0.2, 0.25) is 0 Å². The first-order valence-electron chi connectivity index (χ1n) is 5.99. The van der Waals surface area contributed by atoms with Gasteiger partial charge in [-0.3, -0.25) is 4.52 Å². The van der Waals surface area contributed by atoms with Gasteiger partial charge in [0.2, 0.25) is 0 Å². The summed E-state index contributed by atoms with van der Waals surface area (Å²) in [6, 6.07) is 0. The highest BCUT2D eigenvalue weighted by Gasteiger charge is 2.12. The molecule has 0 unspecified atom stereocenters. The van der Waals surface area contributed by atoms with E-state index in [1.165, 1.54) is 19.3 Å². The molecule has 0 aliphatic rings. The van der Waals surface area contributed by atoms with E-state index >= 15 is 0 Å². The molecule has 0 atom stereocenters. The largest absolute Gasteiger partial charge is 0.469 e. The van der Waals surface area contributed by atoms with E-state index < -0.39 is 7.82 Å². The van der Waals surface area contributed by atoms with Crippen LogP contribution in [-0.4, -0.2) is 34.7 Å². The van der Waals surface area contributed by atoms with Crippen molar-refractivity contribution in [3.05, 3.63) is 0 Å². The van der Waals surface area contributed by atoms with Crippen LogP contribution in [0.15, 0.2) is 0 Å². The van der Waals surface area contributed by atoms with Gasteiger partial charge in [-0.25, -0.2) is 4.57 Å². The molecule has 5 N–H and O–H groups in total. The third-order valence-electron chi connectivity index (χ3n) is 1.89. The molecule has 0 aromatic heterocycles. The molecule has 0 saturated carbocycles. The number of hydrogen-bond donors (Lipinski definition) is 4. The van der Waals surface area contributed by atoms with Gasteiger partial charge in [0.15, 0.2) is 0 Å². The minimum atomic E-state index is -4.23. The topological polar surface area (TPSA) is 113 Å². The summed E-state index contributed by atoms with van der Waals surface area (Å²) in [5, 5.41) is 7.75. The van der Waals surface area contributed by atoms with Crippen LogP contribution >= 0.6 is 7.82 Å². The summed E-state index contributed by atoms with van der Waals surface area (Å²) >= 11 is 0. The molecule has 0 saturated heterocycles. The minimum Gasteiger partial charge on any atom is -0.395 e. The number of aliphatic hydroxyl groups is 1. The zero-order valence-corrected chi connectivity index (χ0v) is 11.4. The lowest BCUT2D eigenvalue weighted by molar-refractivity contribution is 0.193. The Hall–Kier alpha value is 0.0300. The highest BCUT2D eigenvalue weighted by Crippen LogP contribution is 2.35. The summed E-state index contributed by atoms with van der Waals surface area (Å²) in [4.78, 5) is 16.7. The number of unbranched alkanes of at least 4 members (excludes halogenated alkanes) is 5. The van der Waals surface area contributed by atoms with E-state index in [1.54, 1.807) is 0 Å². The van der Waals surface area contributed by atoms with Crippen molar-refractivity contribution in [1.29, 1.82) is 0 Å². The lowest BCUT2D eigenvalue weighted by Gasteiger charge is -2.04. The lowest BCUT2D eigenvalue weighted by atomic mass is 10.1. The number of aliphatic hydroxyl groups excluding tert-OH is 1. The summed E-state index contributed by atoms with van der Waals surface area (Å²) < 4.78 is 14.5. The quantitative estimate of drug-likeness (QED) is 0.372. The van der Waals surface area contributed by atoms with Crippen LogP contribution in [0.25, 0.3) is 0 Å². The third kappa shape index (κ3) is 25.9. The van der Waals surface area contributed by atoms with Crippen molar-refractivity contribution in [3.8, 4) is 0 Å². The van der Waals surface area contributed by atoms with Crippen LogP contribution in [0.1, 0.15) is 45.4 Å². The molecule has 0 amide bonds. The molecule has 0 heterocycles. The van der Waals surface area contributed by atoms with Crippen LogP contribution in [-0.2, 0) is 9.09 Å². The zero-order chi connectivity index (χ0) is 13.6. The maximum Gasteiger partial charge on any atom is 0.469 e. The molecular weight excluding hydrogens is 245 g/mol. The van der Waals surface area contributed by atoms with Crippen LogP contribution in [0.5, 0.6) is 0 Å². The Bertz CT molecular complexity index is 184. The summed E-state index contributed by atoms with van der Waals surface area (Å²) in [5.41, 5.74) is 4.78. The van der Waals surface area contributed by atoms with E-state index in [1.807, 2.05) is 0 Å². The van der Waals surface area contributed by atoms with Gasteiger partial charge >= 0.3 is 7.82 Å². The monoisotopic (exact) mass is 271 g/mol. The van der Waals surface area contributed by atoms with Gasteiger partial charge in [0.05, 0.1) is 13.2 Å². The molecule has 7 heteroatoms. The van der Waals surface area contributed by atoms with Crippen molar-refractivity contribution in [1.82, 2.24) is 0 Å². The summed E-state index contributed by atoms with van der Waals surface area (Å²) in [6.07, 6.45) is 6.48. The predicted octanol–water partition coefficient (Wildman–Crippen LogP) is 1.39. The van der Waals surface area contributed by atoms with Gasteiger partial charge in [-0.2, -0.15) is 0 Å². The van der Waals surface area contributed by atoms with Crippen molar-refractivity contribution in [2.24, 2.45) is 5.73 Å². The van der Waals surface area contributed by atoms with Crippen LogP contribution in [0.3, 0.4) is 0 Å². The summed E-state index contributed by atoms with van der Waals surface area (Å²) in [6.45, 7) is 2.79. The Labute approximate surface area is 103 Å². The second kappa shape index (κ2) is 14.1. The molecule has 0 rings (SSSR count). The molecule has 0 aliphatic heterocycles. The van der Waals surface area contributed by atoms with Gasteiger partial charge in [0, 0.05) is 6.54 Å². The van der Waals surface area contributed by atoms with Gasteiger partial charge in [-0.15, -0.1) is 0 Å². The second-order valence-corrected chi connectivity index (χ2v) is 4.84. The third-order valence-corrected chi connectivity index (χ3v) is 2.41. The Morgan fingerprint density at radius 1 is 1.12 bits per heavy atom. The number of rotatable bonds is 9. The number of phosphoric ester groups is 1. The molecule has 17 heavy (non-hydrogen) atoms. The molecule has 0 bridgehead atoms. The summed E-state index contributed by atoms with van der Waals surface area (Å²) in [7, 11) is -4.23. The van der Waals surface area contributed by atoms with Crippen LogP contribution < -0.4 is 5.73 Å². The van der Waals surface area contributed by atoms with Crippen molar-refractivity contribution < 1.29 is 24.0 Å². The van der Waals surface area contributed by atoms with Crippen molar-refractivity contribution in [2.45, 2.75) is 45.4 Å². The first-order valence-corrected chi connectivity index (χ1v) is 7.52. The fraction of sp³-hybridized carbons (Fsp3) is 1.00.